The van der Waals surface area contributed by atoms with E-state index in [0.717, 1.165) is 29.8 Å². The van der Waals surface area contributed by atoms with Gasteiger partial charge in [-0.1, -0.05) is 0 Å². The molecule has 0 radical (unpaired) electrons. The lowest BCUT2D eigenvalue weighted by atomic mass is 10.0. The van der Waals surface area contributed by atoms with Gasteiger partial charge in [-0.2, -0.15) is 0 Å². The van der Waals surface area contributed by atoms with Crippen molar-refractivity contribution in [2.45, 2.75) is 25.4 Å². The van der Waals surface area contributed by atoms with Gasteiger partial charge in [-0.3, -0.25) is 0 Å². The molecular formula is C15H16F2N2OS. The number of aliphatic hydroxyl groups excluding tert-OH is 1. The number of benzene rings is 1. The van der Waals surface area contributed by atoms with Crippen LogP contribution in [0.5, 0.6) is 0 Å². The van der Waals surface area contributed by atoms with E-state index >= 15 is 0 Å². The van der Waals surface area contributed by atoms with Gasteiger partial charge in [0.25, 0.3) is 0 Å². The van der Waals surface area contributed by atoms with E-state index in [1.165, 1.54) is 28.4 Å². The lowest BCUT2D eigenvalue weighted by Gasteiger charge is -2.15. The maximum absolute atomic E-state index is 14.1. The van der Waals surface area contributed by atoms with Gasteiger partial charge in [0, 0.05) is 19.7 Å². The van der Waals surface area contributed by atoms with Crippen molar-refractivity contribution < 1.29 is 13.9 Å². The zero-order valence-electron chi connectivity index (χ0n) is 11.9. The summed E-state index contributed by atoms with van der Waals surface area (Å²) in [4.78, 5) is 6.68. The minimum absolute atomic E-state index is 0.0555. The Bertz CT molecular complexity index is 661. The molecule has 6 heteroatoms. The molecule has 112 valence electrons. The van der Waals surface area contributed by atoms with Crippen LogP contribution in [0.1, 0.15) is 29.5 Å². The third-order valence-corrected chi connectivity index (χ3v) is 4.88. The summed E-state index contributed by atoms with van der Waals surface area (Å²) >= 11 is 1.32. The number of thiazole rings is 1. The summed E-state index contributed by atoms with van der Waals surface area (Å²) in [7, 11) is 3.19. The molecule has 1 N–H and O–H groups in total. The Kier molecular flexibility index (Phi) is 3.67. The van der Waals surface area contributed by atoms with Crippen LogP contribution >= 0.6 is 11.3 Å². The molecule has 0 saturated heterocycles. The van der Waals surface area contributed by atoms with Crippen LogP contribution in [-0.2, 0) is 6.42 Å². The van der Waals surface area contributed by atoms with Crippen molar-refractivity contribution >= 4 is 17.0 Å². The number of hydrogen-bond donors (Lipinski definition) is 1. The minimum atomic E-state index is -0.608. The summed E-state index contributed by atoms with van der Waals surface area (Å²) in [5.41, 5.74) is 1.22. The number of anilines is 1. The largest absolute Gasteiger partial charge is 0.388 e. The number of nitrogens with zero attached hydrogens (tertiary/aromatic N) is 2. The van der Waals surface area contributed by atoms with Gasteiger partial charge in [0.15, 0.2) is 0 Å². The Morgan fingerprint density at radius 1 is 1.29 bits per heavy atom. The van der Waals surface area contributed by atoms with Crippen molar-refractivity contribution in [3.8, 4) is 10.6 Å². The average molecular weight is 310 g/mol. The Hall–Kier alpha value is -1.53. The Balaban J connectivity index is 2.05. The Morgan fingerprint density at radius 3 is 2.52 bits per heavy atom. The van der Waals surface area contributed by atoms with Gasteiger partial charge in [0.05, 0.1) is 16.7 Å². The number of hydrogen-bond acceptors (Lipinski definition) is 4. The monoisotopic (exact) mass is 310 g/mol. The summed E-state index contributed by atoms with van der Waals surface area (Å²) in [6.45, 7) is 0. The van der Waals surface area contributed by atoms with Crippen molar-refractivity contribution in [1.82, 2.24) is 4.98 Å². The highest BCUT2D eigenvalue weighted by atomic mass is 32.1. The molecule has 1 aliphatic carbocycles. The van der Waals surface area contributed by atoms with Crippen LogP contribution < -0.4 is 4.90 Å². The quantitative estimate of drug-likeness (QED) is 0.922. The smallest absolute Gasteiger partial charge is 0.150 e. The van der Waals surface area contributed by atoms with Crippen molar-refractivity contribution in [3.63, 3.8) is 0 Å². The van der Waals surface area contributed by atoms with Crippen molar-refractivity contribution in [1.29, 1.82) is 0 Å². The molecule has 21 heavy (non-hydrogen) atoms. The van der Waals surface area contributed by atoms with E-state index in [0.29, 0.717) is 10.6 Å². The van der Waals surface area contributed by atoms with E-state index in [2.05, 4.69) is 4.98 Å². The summed E-state index contributed by atoms with van der Waals surface area (Å²) in [5.74, 6) is -1.22. The van der Waals surface area contributed by atoms with Gasteiger partial charge in [0.1, 0.15) is 22.3 Å². The lowest BCUT2D eigenvalue weighted by molar-refractivity contribution is 0.160. The molecule has 0 spiro atoms. The topological polar surface area (TPSA) is 36.4 Å². The lowest BCUT2D eigenvalue weighted by Crippen LogP contribution is -2.12. The molecule has 1 heterocycles. The fourth-order valence-corrected chi connectivity index (χ4v) is 3.76. The van der Waals surface area contributed by atoms with E-state index in [1.807, 2.05) is 0 Å². The molecule has 3 nitrogen and oxygen atoms in total. The predicted molar refractivity (Wildman–Crippen MR) is 79.7 cm³/mol. The van der Waals surface area contributed by atoms with Crippen LogP contribution in [-0.4, -0.2) is 24.2 Å². The normalized spacial score (nSPS) is 17.7. The van der Waals surface area contributed by atoms with Crippen molar-refractivity contribution in [3.05, 3.63) is 34.3 Å². The second-order valence-electron chi connectivity index (χ2n) is 5.42. The third-order valence-electron chi connectivity index (χ3n) is 3.63. The highest BCUT2D eigenvalue weighted by Crippen LogP contribution is 2.39. The second-order valence-corrected chi connectivity index (χ2v) is 6.45. The average Bonchev–Trinajstić information content (AvgIpc) is 2.82. The predicted octanol–water partition coefficient (Wildman–Crippen LogP) is 3.52. The number of aromatic nitrogens is 1. The Morgan fingerprint density at radius 2 is 1.95 bits per heavy atom. The first-order valence-corrected chi connectivity index (χ1v) is 7.63. The zero-order valence-corrected chi connectivity index (χ0v) is 12.7. The first kappa shape index (κ1) is 14.4. The molecule has 3 rings (SSSR count). The van der Waals surface area contributed by atoms with Gasteiger partial charge >= 0.3 is 0 Å². The fraction of sp³-hybridized carbons (Fsp3) is 0.400. The number of fused-ring (bicyclic) bond motifs is 1. The molecule has 0 aliphatic heterocycles. The van der Waals surface area contributed by atoms with E-state index in [9.17, 15) is 13.9 Å². The van der Waals surface area contributed by atoms with Gasteiger partial charge in [-0.25, -0.2) is 13.8 Å². The van der Waals surface area contributed by atoms with E-state index in [-0.39, 0.29) is 5.69 Å². The second kappa shape index (κ2) is 5.35. The van der Waals surface area contributed by atoms with E-state index in [4.69, 9.17) is 0 Å². The first-order valence-electron chi connectivity index (χ1n) is 6.81. The number of aliphatic hydroxyl groups is 1. The summed E-state index contributed by atoms with van der Waals surface area (Å²) in [6.07, 6.45) is 1.91. The van der Waals surface area contributed by atoms with E-state index in [1.54, 1.807) is 14.1 Å². The molecule has 1 aromatic heterocycles. The Labute approximate surface area is 125 Å². The fourth-order valence-electron chi connectivity index (χ4n) is 2.64. The first-order chi connectivity index (χ1) is 9.97. The molecule has 2 aromatic rings. The molecule has 0 saturated carbocycles. The summed E-state index contributed by atoms with van der Waals surface area (Å²) < 4.78 is 28.1. The van der Waals surface area contributed by atoms with Gasteiger partial charge in [0.2, 0.25) is 0 Å². The van der Waals surface area contributed by atoms with Crippen LogP contribution in [0, 0.1) is 11.6 Å². The molecule has 1 atom stereocenters. The number of aryl methyl sites for hydroxylation is 1. The molecule has 1 aromatic carbocycles. The van der Waals surface area contributed by atoms with E-state index < -0.39 is 17.7 Å². The third kappa shape index (κ3) is 2.53. The molecule has 0 amide bonds. The molecule has 1 unspecified atom stereocenters. The number of halogens is 2. The van der Waals surface area contributed by atoms with Crippen LogP contribution in [0.25, 0.3) is 10.6 Å². The number of rotatable bonds is 2. The van der Waals surface area contributed by atoms with Crippen LogP contribution in [0.2, 0.25) is 0 Å². The van der Waals surface area contributed by atoms with Gasteiger partial charge in [-0.05, 0) is 31.4 Å². The van der Waals surface area contributed by atoms with Crippen LogP contribution in [0.3, 0.4) is 0 Å². The van der Waals surface area contributed by atoms with Gasteiger partial charge < -0.3 is 10.0 Å². The summed E-state index contributed by atoms with van der Waals surface area (Å²) in [6, 6.07) is 2.60. The highest BCUT2D eigenvalue weighted by Gasteiger charge is 2.24. The maximum atomic E-state index is 14.1. The minimum Gasteiger partial charge on any atom is -0.388 e. The molecule has 1 aliphatic rings. The van der Waals surface area contributed by atoms with Crippen LogP contribution in [0.4, 0.5) is 14.5 Å². The van der Waals surface area contributed by atoms with Gasteiger partial charge in [-0.15, -0.1) is 11.3 Å². The van der Waals surface area contributed by atoms with Crippen LogP contribution in [0.15, 0.2) is 12.1 Å². The molecular weight excluding hydrogens is 294 g/mol. The highest BCUT2D eigenvalue weighted by molar-refractivity contribution is 7.15. The van der Waals surface area contributed by atoms with Crippen molar-refractivity contribution in [2.75, 3.05) is 19.0 Å². The van der Waals surface area contributed by atoms with Crippen molar-refractivity contribution in [2.24, 2.45) is 0 Å². The SMILES string of the molecule is CN(C)c1c(F)cc(-c2nc3c(s2)C(O)CCC3)cc1F. The summed E-state index contributed by atoms with van der Waals surface area (Å²) in [5, 5.41) is 10.5. The molecule has 0 fully saturated rings. The molecule has 0 bridgehead atoms. The standard InChI is InChI=1S/C15H16F2N2OS/c1-19(2)13-9(16)6-8(7-10(13)17)15-18-11-4-3-5-12(20)14(11)21-15/h6-7,12,20H,3-5H2,1-2H3. The maximum Gasteiger partial charge on any atom is 0.150 e. The zero-order chi connectivity index (χ0) is 15.1.